The van der Waals surface area contributed by atoms with Crippen molar-refractivity contribution in [2.24, 2.45) is 62.9 Å². The number of urea groups is 1. The zero-order valence-electron chi connectivity index (χ0n) is 30.4. The van der Waals surface area contributed by atoms with Crippen LogP contribution in [0.2, 0.25) is 0 Å². The standard InChI is InChI=1S/C40H63N3O4/c1-9-11-29(26(2)3)35-28(25-44)15-19-39(7)30(35)13-14-32-38(6)18-17-33(37(4,5)31(38)16-20-40(32,39)8)47-34(45)24-43-21-10-12-27(23-43)22-42-36(41)46/h10,12,21,23,28-33,35,44H,2,9,11,13-20,22,24-25H2,1,3-8H3,(H2-,41,42,46)/p+1/t28-,29+,30?,31?,32?,33+,35?,38+,39-,40-/m1/s1. The van der Waals surface area contributed by atoms with E-state index in [0.29, 0.717) is 48.7 Å². The maximum Gasteiger partial charge on any atom is 0.372 e. The van der Waals surface area contributed by atoms with Crippen molar-refractivity contribution in [1.82, 2.24) is 5.32 Å². The lowest BCUT2D eigenvalue weighted by Crippen LogP contribution is -2.66. The average Bonchev–Trinajstić information content (AvgIpc) is 3.00. The van der Waals surface area contributed by atoms with Crippen LogP contribution in [0.1, 0.15) is 118 Å². The fourth-order valence-electron chi connectivity index (χ4n) is 12.5. The number of nitrogens with one attached hydrogen (secondary N) is 1. The summed E-state index contributed by atoms with van der Waals surface area (Å²) < 4.78 is 8.16. The normalized spacial score (nSPS) is 38.2. The van der Waals surface area contributed by atoms with Gasteiger partial charge in [-0.15, -0.1) is 0 Å². The van der Waals surface area contributed by atoms with Crippen LogP contribution >= 0.6 is 0 Å². The van der Waals surface area contributed by atoms with Crippen LogP contribution in [0.15, 0.2) is 36.7 Å². The molecule has 4 N–H and O–H groups in total. The second-order valence-electron chi connectivity index (χ2n) is 17.4. The molecule has 4 aliphatic carbocycles. The van der Waals surface area contributed by atoms with Crippen molar-refractivity contribution >= 4 is 12.0 Å². The first kappa shape index (κ1) is 35.9. The van der Waals surface area contributed by atoms with Gasteiger partial charge in [0.15, 0.2) is 12.4 Å². The highest BCUT2D eigenvalue weighted by Crippen LogP contribution is 2.75. The van der Waals surface area contributed by atoms with E-state index in [4.69, 9.17) is 10.5 Å². The fraction of sp³-hybridized carbons (Fsp3) is 0.775. The van der Waals surface area contributed by atoms with E-state index >= 15 is 0 Å². The zero-order valence-corrected chi connectivity index (χ0v) is 30.4. The smallest absolute Gasteiger partial charge is 0.372 e. The van der Waals surface area contributed by atoms with Gasteiger partial charge in [-0.25, -0.2) is 9.59 Å². The minimum absolute atomic E-state index is 0.112. The summed E-state index contributed by atoms with van der Waals surface area (Å²) in [5, 5.41) is 13.2. The van der Waals surface area contributed by atoms with E-state index in [1.807, 2.05) is 29.1 Å². The number of nitrogens with zero attached hydrogens (tertiary/aromatic N) is 1. The first-order valence-corrected chi connectivity index (χ1v) is 18.6. The lowest BCUT2D eigenvalue weighted by atomic mass is 9.32. The van der Waals surface area contributed by atoms with Crippen LogP contribution in [0.5, 0.6) is 0 Å². The van der Waals surface area contributed by atoms with Gasteiger partial charge in [-0.05, 0) is 123 Å². The summed E-state index contributed by atoms with van der Waals surface area (Å²) in [5.74, 6) is 2.92. The quantitative estimate of drug-likeness (QED) is 0.140. The Hall–Kier alpha value is -2.41. The summed E-state index contributed by atoms with van der Waals surface area (Å²) >= 11 is 0. The Balaban J connectivity index is 1.34. The Labute approximate surface area is 284 Å². The van der Waals surface area contributed by atoms with E-state index in [1.54, 1.807) is 0 Å². The van der Waals surface area contributed by atoms with Crippen molar-refractivity contribution in [3.63, 3.8) is 0 Å². The molecular weight excluding hydrogens is 586 g/mol. The fourth-order valence-corrected chi connectivity index (χ4v) is 12.5. The van der Waals surface area contributed by atoms with Gasteiger partial charge in [-0.3, -0.25) is 0 Å². The SMILES string of the molecule is C=C(C)[C@H](CCC)C1C2CCC3[C@@]4(C)CC[C@H](OC(=O)C[n+]5cccc(CNC(N)=O)c5)C(C)(C)C4CC[C@@]3(C)[C@]2(C)CC[C@@H]1CO. The number of rotatable bonds is 10. The number of ether oxygens (including phenoxy) is 1. The molecule has 0 radical (unpaired) electrons. The molecule has 1 aromatic heterocycles. The lowest BCUT2D eigenvalue weighted by Gasteiger charge is -2.72. The number of primary amides is 1. The highest BCUT2D eigenvalue weighted by Gasteiger charge is 2.69. The molecule has 4 unspecified atom stereocenters. The average molecular weight is 651 g/mol. The topological polar surface area (TPSA) is 106 Å². The van der Waals surface area contributed by atoms with Crippen LogP contribution in [0.4, 0.5) is 4.79 Å². The minimum Gasteiger partial charge on any atom is -0.457 e. The molecule has 0 spiro atoms. The van der Waals surface area contributed by atoms with Gasteiger partial charge in [0, 0.05) is 23.7 Å². The van der Waals surface area contributed by atoms with E-state index < -0.39 is 6.03 Å². The molecule has 1 heterocycles. The number of hydrogen-bond acceptors (Lipinski definition) is 4. The molecule has 1 aromatic rings. The molecule has 7 heteroatoms. The molecule has 4 aliphatic rings. The van der Waals surface area contributed by atoms with Crippen LogP contribution < -0.4 is 15.6 Å². The van der Waals surface area contributed by atoms with Crippen molar-refractivity contribution in [3.05, 3.63) is 42.2 Å². The molecule has 5 rings (SSSR count). The van der Waals surface area contributed by atoms with Crippen molar-refractivity contribution in [1.29, 1.82) is 0 Å². The van der Waals surface area contributed by atoms with Gasteiger partial charge in [0.1, 0.15) is 6.10 Å². The third kappa shape index (κ3) is 6.28. The van der Waals surface area contributed by atoms with Crippen molar-refractivity contribution < 1.29 is 24.0 Å². The molecule has 4 saturated carbocycles. The predicted octanol–water partition coefficient (Wildman–Crippen LogP) is 7.34. The molecule has 2 amide bonds. The Morgan fingerprint density at radius 2 is 1.79 bits per heavy atom. The minimum atomic E-state index is -0.571. The second kappa shape index (κ2) is 13.5. The zero-order chi connectivity index (χ0) is 34.4. The molecule has 0 aliphatic heterocycles. The first-order valence-electron chi connectivity index (χ1n) is 18.6. The van der Waals surface area contributed by atoms with Gasteiger partial charge in [0.2, 0.25) is 6.54 Å². The number of hydrogen-bond donors (Lipinski definition) is 3. The second-order valence-corrected chi connectivity index (χ2v) is 17.4. The number of aliphatic hydroxyl groups excluding tert-OH is 1. The molecule has 4 fully saturated rings. The number of aromatic nitrogens is 1. The number of pyridine rings is 1. The number of nitrogens with two attached hydrogens (primary N) is 1. The Bertz CT molecular complexity index is 1330. The molecule has 0 aromatic carbocycles. The van der Waals surface area contributed by atoms with E-state index in [2.05, 4.69) is 60.4 Å². The van der Waals surface area contributed by atoms with Gasteiger partial charge >= 0.3 is 12.0 Å². The number of aliphatic hydroxyl groups is 1. The van der Waals surface area contributed by atoms with Gasteiger partial charge in [0.05, 0.1) is 6.54 Å². The number of allylic oxidation sites excluding steroid dienone is 1. The van der Waals surface area contributed by atoms with Gasteiger partial charge < -0.3 is 20.9 Å². The number of carbonyl (C=O) groups excluding carboxylic acids is 2. The summed E-state index contributed by atoms with van der Waals surface area (Å²) in [5.41, 5.74) is 7.98. The molecule has 10 atom stereocenters. The van der Waals surface area contributed by atoms with Crippen molar-refractivity contribution in [3.8, 4) is 0 Å². The molecule has 47 heavy (non-hydrogen) atoms. The predicted molar refractivity (Wildman–Crippen MR) is 186 cm³/mol. The summed E-state index contributed by atoms with van der Waals surface area (Å²) in [6.45, 7) is 22.4. The lowest BCUT2D eigenvalue weighted by molar-refractivity contribution is -0.686. The van der Waals surface area contributed by atoms with Crippen LogP contribution in [0.3, 0.4) is 0 Å². The summed E-state index contributed by atoms with van der Waals surface area (Å²) in [6.07, 6.45) is 15.2. The largest absolute Gasteiger partial charge is 0.457 e. The van der Waals surface area contributed by atoms with E-state index in [-0.39, 0.29) is 40.3 Å². The summed E-state index contributed by atoms with van der Waals surface area (Å²) in [6, 6.07) is 3.20. The summed E-state index contributed by atoms with van der Waals surface area (Å²) in [4.78, 5) is 24.5. The first-order chi connectivity index (χ1) is 22.1. The third-order valence-electron chi connectivity index (χ3n) is 14.8. The highest BCUT2D eigenvalue weighted by atomic mass is 16.5. The van der Waals surface area contributed by atoms with Gasteiger partial charge in [-0.1, -0.05) is 60.1 Å². The molecule has 0 bridgehead atoms. The van der Waals surface area contributed by atoms with Crippen molar-refractivity contribution in [2.75, 3.05) is 6.61 Å². The number of fused-ring (bicyclic) bond motifs is 5. The Morgan fingerprint density at radius 1 is 1.06 bits per heavy atom. The van der Waals surface area contributed by atoms with E-state index in [0.717, 1.165) is 31.2 Å². The molecule has 7 nitrogen and oxygen atoms in total. The molecular formula is C40H64N3O4+. The summed E-state index contributed by atoms with van der Waals surface area (Å²) in [7, 11) is 0. The maximum atomic E-state index is 13.3. The van der Waals surface area contributed by atoms with Gasteiger partial charge in [0.25, 0.3) is 0 Å². The molecule has 262 valence electrons. The number of amides is 2. The van der Waals surface area contributed by atoms with Crippen molar-refractivity contribution in [2.45, 2.75) is 132 Å². The van der Waals surface area contributed by atoms with Crippen LogP contribution in [-0.2, 0) is 22.6 Å². The Kier molecular flexibility index (Phi) is 10.3. The van der Waals surface area contributed by atoms with Crippen LogP contribution in [-0.4, -0.2) is 29.8 Å². The molecule has 0 saturated heterocycles. The Morgan fingerprint density at radius 3 is 2.45 bits per heavy atom. The van der Waals surface area contributed by atoms with E-state index in [1.165, 1.54) is 44.1 Å². The third-order valence-corrected chi connectivity index (χ3v) is 14.8. The maximum absolute atomic E-state index is 13.3. The number of esters is 1. The van der Waals surface area contributed by atoms with Crippen LogP contribution in [0.25, 0.3) is 0 Å². The highest BCUT2D eigenvalue weighted by molar-refractivity contribution is 5.71. The van der Waals surface area contributed by atoms with E-state index in [9.17, 15) is 14.7 Å². The monoisotopic (exact) mass is 650 g/mol. The number of carbonyl (C=O) groups is 2. The van der Waals surface area contributed by atoms with Gasteiger partial charge in [-0.2, -0.15) is 4.57 Å². The van der Waals surface area contributed by atoms with Crippen LogP contribution in [0, 0.1) is 57.2 Å².